The Kier molecular flexibility index (Phi) is 12.7. The first-order chi connectivity index (χ1) is 31.3. The van der Waals surface area contributed by atoms with Crippen LogP contribution in [-0.2, 0) is 28.5 Å². The van der Waals surface area contributed by atoms with Crippen molar-refractivity contribution in [3.05, 3.63) is 77.6 Å². The topological polar surface area (TPSA) is 206 Å². The van der Waals surface area contributed by atoms with Crippen LogP contribution in [0, 0.1) is 23.7 Å². The van der Waals surface area contributed by atoms with E-state index in [9.17, 15) is 19.2 Å². The number of hydrogen-bond donors (Lipinski definition) is 4. The SMILES string of the molecule is COC(=O)N[C@H](C(=O)N1CCC[C@H]1c1ncc(-c2ccc3nc(C#Cc4ccc5nc([C@@H]6CCCN6C(=O)[C@@H](NC(=O)OC)C6CCOCC6)[nH]c5c4)ccc3c2)[nH]1)C1CCOCC1. The lowest BCUT2D eigenvalue weighted by Gasteiger charge is -2.34. The fourth-order valence-electron chi connectivity index (χ4n) is 9.64. The summed E-state index contributed by atoms with van der Waals surface area (Å²) < 4.78 is 20.8. The van der Waals surface area contributed by atoms with Crippen LogP contribution in [0.4, 0.5) is 9.59 Å². The molecule has 4 amide bonds. The van der Waals surface area contributed by atoms with E-state index < -0.39 is 24.3 Å². The summed E-state index contributed by atoms with van der Waals surface area (Å²) in [5.41, 5.74) is 5.57. The number of nitrogens with one attached hydrogen (secondary N) is 4. The Morgan fingerprint density at radius 3 is 1.94 bits per heavy atom. The first kappa shape index (κ1) is 42.8. The van der Waals surface area contributed by atoms with Crippen LogP contribution in [0.1, 0.15) is 86.4 Å². The Balaban J connectivity index is 0.872. The standard InChI is InChI=1S/C47H53N9O8/c1-61-46(59)53-40(29-15-21-63-22-16-29)44(57)55-19-3-5-38(55)42-48-27-37(52-42)32-10-14-34-31(26-32)9-12-33(49-34)11-7-28-8-13-35-36(25-28)51-43(50-35)39-6-4-20-56(39)45(58)41(54-47(60)62-2)30-17-23-64-24-18-30/h8-10,12-14,25-27,29-30,38-41H,3-6,15-24H2,1-2H3,(H,48,52)(H,50,51)(H,53,59)(H,54,60)/t38-,39-,40-,41-/m0/s1. The van der Waals surface area contributed by atoms with Crippen LogP contribution in [0.2, 0.25) is 0 Å². The molecule has 17 nitrogen and oxygen atoms in total. The maximum absolute atomic E-state index is 14.0. The number of methoxy groups -OCH3 is 2. The number of likely N-dealkylation sites (tertiary alicyclic amines) is 2. The van der Waals surface area contributed by atoms with Gasteiger partial charge in [-0.25, -0.2) is 24.5 Å². The van der Waals surface area contributed by atoms with Gasteiger partial charge in [0.1, 0.15) is 29.4 Å². The van der Waals surface area contributed by atoms with Gasteiger partial charge in [-0.3, -0.25) is 9.59 Å². The summed E-state index contributed by atoms with van der Waals surface area (Å²) >= 11 is 0. The van der Waals surface area contributed by atoms with Gasteiger partial charge in [-0.2, -0.15) is 0 Å². The monoisotopic (exact) mass is 871 g/mol. The molecule has 17 heteroatoms. The summed E-state index contributed by atoms with van der Waals surface area (Å²) in [5, 5.41) is 6.56. The van der Waals surface area contributed by atoms with E-state index in [1.807, 2.05) is 52.3 Å². The number of hydrogen-bond acceptors (Lipinski definition) is 11. The first-order valence-corrected chi connectivity index (χ1v) is 22.2. The number of alkyl carbamates (subject to hydrolysis) is 2. The summed E-state index contributed by atoms with van der Waals surface area (Å²) in [6.07, 6.45) is 6.46. The number of ether oxygens (including phenoxy) is 4. The van der Waals surface area contributed by atoms with Gasteiger partial charge in [0.15, 0.2) is 0 Å². The van der Waals surface area contributed by atoms with Crippen LogP contribution >= 0.6 is 0 Å². The maximum atomic E-state index is 14.0. The number of carbonyl (C=O) groups is 4. The number of fused-ring (bicyclic) bond motifs is 2. The quantitative estimate of drug-likeness (QED) is 0.136. The van der Waals surface area contributed by atoms with E-state index in [1.165, 1.54) is 14.2 Å². The van der Waals surface area contributed by atoms with Gasteiger partial charge in [0.05, 0.1) is 54.7 Å². The normalized spacial score (nSPS) is 20.4. The van der Waals surface area contributed by atoms with E-state index >= 15 is 0 Å². The van der Waals surface area contributed by atoms with Crippen LogP contribution in [0.25, 0.3) is 33.2 Å². The van der Waals surface area contributed by atoms with Crippen molar-refractivity contribution in [2.45, 2.75) is 75.5 Å². The van der Waals surface area contributed by atoms with Crippen molar-refractivity contribution >= 4 is 45.9 Å². The second kappa shape index (κ2) is 19.1. The molecule has 4 saturated heterocycles. The molecule has 0 aliphatic carbocycles. The molecule has 7 heterocycles. The van der Waals surface area contributed by atoms with Crippen molar-refractivity contribution in [2.75, 3.05) is 53.7 Å². The molecule has 334 valence electrons. The molecular formula is C47H53N9O8. The molecule has 0 bridgehead atoms. The zero-order valence-corrected chi connectivity index (χ0v) is 36.1. The Hall–Kier alpha value is -6.51. The minimum Gasteiger partial charge on any atom is -0.453 e. The van der Waals surface area contributed by atoms with E-state index in [4.69, 9.17) is 33.9 Å². The van der Waals surface area contributed by atoms with Gasteiger partial charge >= 0.3 is 12.2 Å². The third-order valence-corrected chi connectivity index (χ3v) is 13.1. The van der Waals surface area contributed by atoms with Gasteiger partial charge in [0.2, 0.25) is 11.8 Å². The van der Waals surface area contributed by atoms with Crippen LogP contribution in [0.5, 0.6) is 0 Å². The predicted molar refractivity (Wildman–Crippen MR) is 235 cm³/mol. The van der Waals surface area contributed by atoms with Crippen LogP contribution < -0.4 is 10.6 Å². The van der Waals surface area contributed by atoms with E-state index in [1.54, 1.807) is 6.20 Å². The highest BCUT2D eigenvalue weighted by Gasteiger charge is 2.41. The highest BCUT2D eigenvalue weighted by Crippen LogP contribution is 2.36. The van der Waals surface area contributed by atoms with Gasteiger partial charge in [-0.05, 0) is 112 Å². The molecule has 3 aromatic heterocycles. The lowest BCUT2D eigenvalue weighted by atomic mass is 9.90. The average molecular weight is 872 g/mol. The van der Waals surface area contributed by atoms with Crippen LogP contribution in [-0.4, -0.2) is 125 Å². The number of nitrogens with zero attached hydrogens (tertiary/aromatic N) is 5. The van der Waals surface area contributed by atoms with Gasteiger partial charge in [-0.1, -0.05) is 12.0 Å². The lowest BCUT2D eigenvalue weighted by molar-refractivity contribution is -0.137. The second-order valence-corrected chi connectivity index (χ2v) is 16.9. The largest absolute Gasteiger partial charge is 0.453 e. The molecule has 5 aromatic rings. The number of benzene rings is 2. The zero-order valence-electron chi connectivity index (χ0n) is 36.1. The summed E-state index contributed by atoms with van der Waals surface area (Å²) in [4.78, 5) is 77.6. The predicted octanol–water partition coefficient (Wildman–Crippen LogP) is 5.53. The molecule has 0 spiro atoms. The number of carbonyl (C=O) groups excluding carboxylic acids is 4. The number of rotatable bonds is 9. The number of aromatic amines is 2. The summed E-state index contributed by atoms with van der Waals surface area (Å²) in [6, 6.07) is 13.8. The summed E-state index contributed by atoms with van der Waals surface area (Å²) in [5.74, 6) is 7.54. The molecule has 4 aliphatic heterocycles. The van der Waals surface area contributed by atoms with Crippen molar-refractivity contribution < 1.29 is 38.1 Å². The molecular weight excluding hydrogens is 819 g/mol. The summed E-state index contributed by atoms with van der Waals surface area (Å²) in [6.45, 7) is 3.35. The van der Waals surface area contributed by atoms with E-state index in [2.05, 4.69) is 38.5 Å². The number of pyridine rings is 1. The van der Waals surface area contributed by atoms with Crippen molar-refractivity contribution in [1.82, 2.24) is 45.4 Å². The van der Waals surface area contributed by atoms with Crippen molar-refractivity contribution in [3.8, 4) is 23.1 Å². The average Bonchev–Trinajstić information content (AvgIpc) is 4.18. The zero-order chi connectivity index (χ0) is 44.2. The second-order valence-electron chi connectivity index (χ2n) is 16.9. The number of H-pyrrole nitrogens is 2. The number of aromatic nitrogens is 5. The molecule has 4 atom stereocenters. The third-order valence-electron chi connectivity index (χ3n) is 13.1. The fourth-order valence-corrected chi connectivity index (χ4v) is 9.64. The van der Waals surface area contributed by atoms with Crippen molar-refractivity contribution in [3.63, 3.8) is 0 Å². The Morgan fingerprint density at radius 1 is 0.703 bits per heavy atom. The Bertz CT molecular complexity index is 2590. The molecule has 4 N–H and O–H groups in total. The lowest BCUT2D eigenvalue weighted by Crippen LogP contribution is -2.53. The Morgan fingerprint density at radius 2 is 1.31 bits per heavy atom. The molecule has 0 radical (unpaired) electrons. The minimum atomic E-state index is -0.701. The third kappa shape index (κ3) is 9.11. The van der Waals surface area contributed by atoms with Gasteiger partial charge in [-0.15, -0.1) is 0 Å². The molecule has 4 fully saturated rings. The number of amides is 4. The fraction of sp³-hybridized carbons (Fsp3) is 0.468. The van der Waals surface area contributed by atoms with E-state index in [0.29, 0.717) is 82.5 Å². The van der Waals surface area contributed by atoms with Crippen LogP contribution in [0.15, 0.2) is 54.7 Å². The Labute approximate surface area is 370 Å². The molecule has 9 rings (SSSR count). The van der Waals surface area contributed by atoms with Gasteiger partial charge < -0.3 is 49.3 Å². The first-order valence-electron chi connectivity index (χ1n) is 22.2. The molecule has 4 aliphatic rings. The van der Waals surface area contributed by atoms with Gasteiger partial charge in [0, 0.05) is 56.0 Å². The smallest absolute Gasteiger partial charge is 0.407 e. The van der Waals surface area contributed by atoms with E-state index in [0.717, 1.165) is 64.4 Å². The minimum absolute atomic E-state index is 0.0387. The maximum Gasteiger partial charge on any atom is 0.407 e. The van der Waals surface area contributed by atoms with Gasteiger partial charge in [0.25, 0.3) is 0 Å². The molecule has 64 heavy (non-hydrogen) atoms. The number of imidazole rings is 2. The molecule has 0 unspecified atom stereocenters. The van der Waals surface area contributed by atoms with Crippen LogP contribution in [0.3, 0.4) is 0 Å². The summed E-state index contributed by atoms with van der Waals surface area (Å²) in [7, 11) is 2.61. The highest BCUT2D eigenvalue weighted by atomic mass is 16.5. The van der Waals surface area contributed by atoms with E-state index in [-0.39, 0.29) is 35.7 Å². The highest BCUT2D eigenvalue weighted by molar-refractivity contribution is 5.88. The van der Waals surface area contributed by atoms with Crippen molar-refractivity contribution in [2.24, 2.45) is 11.8 Å². The molecule has 2 aromatic carbocycles. The molecule has 0 saturated carbocycles. The van der Waals surface area contributed by atoms with Crippen molar-refractivity contribution in [1.29, 1.82) is 0 Å².